The summed E-state index contributed by atoms with van der Waals surface area (Å²) in [5.41, 5.74) is -0.217. The summed E-state index contributed by atoms with van der Waals surface area (Å²) in [7, 11) is 1.78. The second-order valence-electron chi connectivity index (χ2n) is 5.65. The Morgan fingerprint density at radius 3 is 2.79 bits per heavy atom. The first-order chi connectivity index (χ1) is 9.04. The molecule has 5 nitrogen and oxygen atoms in total. The number of aliphatic hydroxyl groups is 1. The summed E-state index contributed by atoms with van der Waals surface area (Å²) in [5, 5.41) is 13.3. The van der Waals surface area contributed by atoms with Crippen LogP contribution < -0.4 is 5.32 Å². The van der Waals surface area contributed by atoms with E-state index in [0.29, 0.717) is 12.2 Å². The van der Waals surface area contributed by atoms with Crippen LogP contribution in [0.4, 0.5) is 0 Å². The van der Waals surface area contributed by atoms with Gasteiger partial charge in [0.15, 0.2) is 0 Å². The minimum atomic E-state index is -0.736. The first kappa shape index (κ1) is 14.1. The van der Waals surface area contributed by atoms with Gasteiger partial charge in [0.25, 0.3) is 5.91 Å². The lowest BCUT2D eigenvalue weighted by molar-refractivity contribution is -0.00792. The minimum absolute atomic E-state index is 0.175. The van der Waals surface area contributed by atoms with Crippen LogP contribution in [0.2, 0.25) is 0 Å². The lowest BCUT2D eigenvalue weighted by atomic mass is 9.78. The van der Waals surface area contributed by atoms with Crippen molar-refractivity contribution in [2.45, 2.75) is 44.6 Å². The standard InChI is InChI=1S/C14H23N3O2/c1-3-11-4-6-14(19,7-5-11)9-16-13(18)12-8-15-10-17(12)2/h8,10-11,19H,3-7,9H2,1-2H3,(H,16,18). The second kappa shape index (κ2) is 5.74. The molecule has 0 unspecified atom stereocenters. The highest BCUT2D eigenvalue weighted by molar-refractivity contribution is 5.92. The molecule has 106 valence electrons. The summed E-state index contributed by atoms with van der Waals surface area (Å²) in [4.78, 5) is 15.9. The molecule has 1 saturated carbocycles. The Labute approximate surface area is 114 Å². The van der Waals surface area contributed by atoms with Gasteiger partial charge in [0, 0.05) is 13.6 Å². The molecule has 1 aromatic heterocycles. The van der Waals surface area contributed by atoms with Crippen LogP contribution >= 0.6 is 0 Å². The third-order valence-corrected chi connectivity index (χ3v) is 4.24. The molecular formula is C14H23N3O2. The predicted molar refractivity (Wildman–Crippen MR) is 72.7 cm³/mol. The number of carbonyl (C=O) groups excluding carboxylic acids is 1. The van der Waals surface area contributed by atoms with E-state index in [1.54, 1.807) is 17.9 Å². The van der Waals surface area contributed by atoms with E-state index in [9.17, 15) is 9.90 Å². The van der Waals surface area contributed by atoms with Gasteiger partial charge in [-0.1, -0.05) is 13.3 Å². The molecule has 1 aliphatic rings. The zero-order chi connectivity index (χ0) is 13.9. The Morgan fingerprint density at radius 2 is 2.26 bits per heavy atom. The average molecular weight is 265 g/mol. The highest BCUT2D eigenvalue weighted by Crippen LogP contribution is 2.33. The molecule has 0 saturated heterocycles. The van der Waals surface area contributed by atoms with E-state index >= 15 is 0 Å². The number of imidazole rings is 1. The van der Waals surface area contributed by atoms with Crippen molar-refractivity contribution in [3.8, 4) is 0 Å². The van der Waals surface area contributed by atoms with Crippen molar-refractivity contribution in [3.05, 3.63) is 18.2 Å². The summed E-state index contributed by atoms with van der Waals surface area (Å²) in [6, 6.07) is 0. The summed E-state index contributed by atoms with van der Waals surface area (Å²) in [6.07, 6.45) is 7.96. The first-order valence-corrected chi connectivity index (χ1v) is 7.01. The van der Waals surface area contributed by atoms with Gasteiger partial charge < -0.3 is 15.0 Å². The molecule has 0 aromatic carbocycles. The second-order valence-corrected chi connectivity index (χ2v) is 5.65. The van der Waals surface area contributed by atoms with Gasteiger partial charge in [0.1, 0.15) is 5.69 Å². The van der Waals surface area contributed by atoms with Crippen molar-refractivity contribution in [1.29, 1.82) is 0 Å². The van der Waals surface area contributed by atoms with E-state index in [1.807, 2.05) is 0 Å². The van der Waals surface area contributed by atoms with Gasteiger partial charge in [0.05, 0.1) is 18.1 Å². The van der Waals surface area contributed by atoms with Crippen LogP contribution in [0.3, 0.4) is 0 Å². The Balaban J connectivity index is 1.85. The van der Waals surface area contributed by atoms with Gasteiger partial charge >= 0.3 is 0 Å². The zero-order valence-corrected chi connectivity index (χ0v) is 11.7. The molecule has 1 fully saturated rings. The van der Waals surface area contributed by atoms with Crippen molar-refractivity contribution in [2.24, 2.45) is 13.0 Å². The maximum absolute atomic E-state index is 11.9. The summed E-state index contributed by atoms with van der Waals surface area (Å²) >= 11 is 0. The minimum Gasteiger partial charge on any atom is -0.388 e. The van der Waals surface area contributed by atoms with Gasteiger partial charge in [0.2, 0.25) is 0 Å². The molecule has 5 heteroatoms. The van der Waals surface area contributed by atoms with E-state index in [-0.39, 0.29) is 5.91 Å². The Hall–Kier alpha value is -1.36. The van der Waals surface area contributed by atoms with Crippen LogP contribution in [0.15, 0.2) is 12.5 Å². The molecule has 2 rings (SSSR count). The maximum Gasteiger partial charge on any atom is 0.269 e. The summed E-state index contributed by atoms with van der Waals surface area (Å²) in [5.74, 6) is 0.555. The van der Waals surface area contributed by atoms with Crippen LogP contribution in [0.25, 0.3) is 0 Å². The Kier molecular flexibility index (Phi) is 4.24. The smallest absolute Gasteiger partial charge is 0.269 e. The maximum atomic E-state index is 11.9. The molecule has 1 aliphatic carbocycles. The van der Waals surface area contributed by atoms with Crippen LogP contribution in [0.5, 0.6) is 0 Å². The quantitative estimate of drug-likeness (QED) is 0.866. The van der Waals surface area contributed by atoms with Gasteiger partial charge in [-0.05, 0) is 31.6 Å². The van der Waals surface area contributed by atoms with Gasteiger partial charge in [-0.2, -0.15) is 0 Å². The van der Waals surface area contributed by atoms with E-state index < -0.39 is 5.60 Å². The molecule has 1 amide bonds. The zero-order valence-electron chi connectivity index (χ0n) is 11.7. The van der Waals surface area contributed by atoms with Crippen molar-refractivity contribution in [1.82, 2.24) is 14.9 Å². The SMILES string of the molecule is CCC1CCC(O)(CNC(=O)c2cncn2C)CC1. The third kappa shape index (κ3) is 3.35. The van der Waals surface area contributed by atoms with Gasteiger partial charge in [-0.15, -0.1) is 0 Å². The van der Waals surface area contributed by atoms with E-state index in [4.69, 9.17) is 0 Å². The molecule has 1 heterocycles. The number of nitrogens with zero attached hydrogens (tertiary/aromatic N) is 2. The fourth-order valence-corrected chi connectivity index (χ4v) is 2.71. The van der Waals surface area contributed by atoms with E-state index in [1.165, 1.54) is 12.6 Å². The van der Waals surface area contributed by atoms with Crippen LogP contribution in [-0.2, 0) is 7.05 Å². The molecule has 0 radical (unpaired) electrons. The summed E-state index contributed by atoms with van der Waals surface area (Å²) < 4.78 is 1.67. The molecule has 19 heavy (non-hydrogen) atoms. The van der Waals surface area contributed by atoms with E-state index in [0.717, 1.165) is 31.6 Å². The molecular weight excluding hydrogens is 242 g/mol. The number of amides is 1. The number of aryl methyl sites for hydroxylation is 1. The highest BCUT2D eigenvalue weighted by Gasteiger charge is 2.33. The average Bonchev–Trinajstić information content (AvgIpc) is 2.83. The first-order valence-electron chi connectivity index (χ1n) is 7.01. The number of carbonyl (C=O) groups is 1. The number of aromatic nitrogens is 2. The third-order valence-electron chi connectivity index (χ3n) is 4.24. The van der Waals surface area contributed by atoms with Crippen LogP contribution in [0, 0.1) is 5.92 Å². The lowest BCUT2D eigenvalue weighted by Gasteiger charge is -2.35. The van der Waals surface area contributed by atoms with Crippen molar-refractivity contribution in [2.75, 3.05) is 6.54 Å². The van der Waals surface area contributed by atoms with E-state index in [2.05, 4.69) is 17.2 Å². The lowest BCUT2D eigenvalue weighted by Crippen LogP contribution is -2.45. The van der Waals surface area contributed by atoms with Gasteiger partial charge in [-0.3, -0.25) is 4.79 Å². The number of hydrogen-bond acceptors (Lipinski definition) is 3. The van der Waals surface area contributed by atoms with Crippen molar-refractivity contribution >= 4 is 5.91 Å². The number of rotatable bonds is 4. The topological polar surface area (TPSA) is 67.2 Å². The van der Waals surface area contributed by atoms with Crippen molar-refractivity contribution in [3.63, 3.8) is 0 Å². The van der Waals surface area contributed by atoms with Crippen molar-refractivity contribution < 1.29 is 9.90 Å². The number of hydrogen-bond donors (Lipinski definition) is 2. The normalized spacial score (nSPS) is 27.2. The molecule has 0 bridgehead atoms. The number of nitrogens with one attached hydrogen (secondary N) is 1. The van der Waals surface area contributed by atoms with Gasteiger partial charge in [-0.25, -0.2) is 4.98 Å². The molecule has 2 N–H and O–H groups in total. The summed E-state index contributed by atoms with van der Waals surface area (Å²) in [6.45, 7) is 2.52. The van der Waals surface area contributed by atoms with Crippen LogP contribution in [0.1, 0.15) is 49.5 Å². The molecule has 0 atom stereocenters. The monoisotopic (exact) mass is 265 g/mol. The molecule has 1 aromatic rings. The largest absolute Gasteiger partial charge is 0.388 e. The predicted octanol–water partition coefficient (Wildman–Crippen LogP) is 1.48. The highest BCUT2D eigenvalue weighted by atomic mass is 16.3. The fraction of sp³-hybridized carbons (Fsp3) is 0.714. The molecule has 0 aliphatic heterocycles. The Morgan fingerprint density at radius 1 is 1.58 bits per heavy atom. The fourth-order valence-electron chi connectivity index (χ4n) is 2.71. The van der Waals surface area contributed by atoms with Crippen LogP contribution in [-0.4, -0.2) is 32.7 Å². The Bertz CT molecular complexity index is 434. The molecule has 0 spiro atoms.